The number of hydrogen-bond donors (Lipinski definition) is 1. The van der Waals surface area contributed by atoms with Crippen LogP contribution in [0.15, 0.2) is 24.3 Å². The van der Waals surface area contributed by atoms with E-state index in [9.17, 15) is 0 Å². The first-order valence-corrected chi connectivity index (χ1v) is 7.52. The Morgan fingerprint density at radius 1 is 1.39 bits per heavy atom. The Labute approximate surface area is 112 Å². The Kier molecular flexibility index (Phi) is 3.12. The van der Waals surface area contributed by atoms with Gasteiger partial charge in [0.1, 0.15) is 0 Å². The van der Waals surface area contributed by atoms with Crippen molar-refractivity contribution in [1.29, 1.82) is 0 Å². The van der Waals surface area contributed by atoms with Crippen molar-refractivity contribution in [2.75, 3.05) is 13.6 Å². The molecule has 0 amide bonds. The third kappa shape index (κ3) is 2.29. The zero-order chi connectivity index (χ0) is 12.6. The molecule has 0 bridgehead atoms. The number of rotatable bonds is 5. The normalized spacial score (nSPS) is 19.0. The van der Waals surface area contributed by atoms with Crippen molar-refractivity contribution in [2.24, 2.45) is 11.3 Å². The Balaban J connectivity index is 1.85. The van der Waals surface area contributed by atoms with E-state index < -0.39 is 0 Å². The van der Waals surface area contributed by atoms with Crippen molar-refractivity contribution in [3.05, 3.63) is 29.3 Å². The van der Waals surface area contributed by atoms with Crippen molar-refractivity contribution in [3.8, 4) is 0 Å². The largest absolute Gasteiger partial charge is 0.319 e. The highest BCUT2D eigenvalue weighted by atomic mass is 32.1. The third-order valence-corrected chi connectivity index (χ3v) is 5.07. The highest BCUT2D eigenvalue weighted by molar-refractivity contribution is 7.18. The second-order valence-electron chi connectivity index (χ2n) is 5.71. The maximum atomic E-state index is 4.78. The van der Waals surface area contributed by atoms with E-state index in [0.717, 1.165) is 24.4 Å². The molecule has 96 valence electrons. The molecule has 1 heterocycles. The number of benzene rings is 1. The molecule has 2 aromatic rings. The van der Waals surface area contributed by atoms with E-state index in [1.54, 1.807) is 0 Å². The summed E-state index contributed by atoms with van der Waals surface area (Å²) in [6.45, 7) is 3.50. The van der Waals surface area contributed by atoms with E-state index in [-0.39, 0.29) is 0 Å². The first-order chi connectivity index (χ1) is 8.71. The van der Waals surface area contributed by atoms with Crippen LogP contribution in [0.25, 0.3) is 10.2 Å². The maximum Gasteiger partial charge on any atom is 0.0944 e. The van der Waals surface area contributed by atoms with Gasteiger partial charge in [-0.15, -0.1) is 11.3 Å². The molecule has 0 spiro atoms. The fraction of sp³-hybridized carbons (Fsp3) is 0.533. The van der Waals surface area contributed by atoms with E-state index >= 15 is 0 Å². The third-order valence-electron chi connectivity index (χ3n) is 4.04. The summed E-state index contributed by atoms with van der Waals surface area (Å²) in [4.78, 5) is 4.78. The molecular formula is C15H20N2S. The van der Waals surface area contributed by atoms with Gasteiger partial charge in [-0.25, -0.2) is 4.98 Å². The summed E-state index contributed by atoms with van der Waals surface area (Å²) < 4.78 is 1.31. The van der Waals surface area contributed by atoms with Crippen molar-refractivity contribution in [3.63, 3.8) is 0 Å². The predicted molar refractivity (Wildman–Crippen MR) is 78.1 cm³/mol. The smallest absolute Gasteiger partial charge is 0.0944 e. The maximum absolute atomic E-state index is 4.78. The van der Waals surface area contributed by atoms with E-state index in [2.05, 4.69) is 43.6 Å². The molecule has 1 fully saturated rings. The van der Waals surface area contributed by atoms with Crippen LogP contribution in [-0.4, -0.2) is 18.6 Å². The highest BCUT2D eigenvalue weighted by Crippen LogP contribution is 2.47. The lowest BCUT2D eigenvalue weighted by Crippen LogP contribution is -2.33. The first kappa shape index (κ1) is 12.1. The summed E-state index contributed by atoms with van der Waals surface area (Å²) in [6, 6.07) is 8.45. The molecule has 1 N–H and O–H groups in total. The van der Waals surface area contributed by atoms with Crippen molar-refractivity contribution < 1.29 is 0 Å². The van der Waals surface area contributed by atoms with Gasteiger partial charge >= 0.3 is 0 Å². The second kappa shape index (κ2) is 4.63. The predicted octanol–water partition coefficient (Wildman–Crippen LogP) is 3.47. The van der Waals surface area contributed by atoms with Gasteiger partial charge in [0, 0.05) is 13.0 Å². The minimum atomic E-state index is 0.378. The van der Waals surface area contributed by atoms with Crippen molar-refractivity contribution in [2.45, 2.75) is 26.2 Å². The lowest BCUT2D eigenvalue weighted by Gasteiger charge is -2.28. The van der Waals surface area contributed by atoms with Gasteiger partial charge in [-0.2, -0.15) is 0 Å². The zero-order valence-corrected chi connectivity index (χ0v) is 11.9. The van der Waals surface area contributed by atoms with Gasteiger partial charge < -0.3 is 5.32 Å². The fourth-order valence-electron chi connectivity index (χ4n) is 2.88. The molecule has 1 aliphatic rings. The number of hydrogen-bond acceptors (Lipinski definition) is 3. The molecule has 1 atom stereocenters. The average Bonchev–Trinajstić information content (AvgIpc) is 3.11. The molecule has 1 aromatic carbocycles. The summed E-state index contributed by atoms with van der Waals surface area (Å²) >= 11 is 1.86. The van der Waals surface area contributed by atoms with Crippen LogP contribution in [-0.2, 0) is 6.42 Å². The van der Waals surface area contributed by atoms with Gasteiger partial charge in [-0.05, 0) is 43.4 Å². The molecule has 1 aliphatic carbocycles. The molecule has 18 heavy (non-hydrogen) atoms. The number of thiazole rings is 1. The molecule has 3 rings (SSSR count). The number of para-hydroxylation sites is 1. The zero-order valence-electron chi connectivity index (χ0n) is 11.1. The van der Waals surface area contributed by atoms with Crippen LogP contribution in [0.1, 0.15) is 24.8 Å². The molecule has 0 aliphatic heterocycles. The minimum Gasteiger partial charge on any atom is -0.319 e. The first-order valence-electron chi connectivity index (χ1n) is 6.70. The van der Waals surface area contributed by atoms with E-state index in [1.807, 2.05) is 11.3 Å². The summed E-state index contributed by atoms with van der Waals surface area (Å²) in [5.41, 5.74) is 1.53. The molecule has 1 saturated carbocycles. The van der Waals surface area contributed by atoms with Crippen LogP contribution in [0.3, 0.4) is 0 Å². The molecular weight excluding hydrogens is 240 g/mol. The van der Waals surface area contributed by atoms with E-state index in [1.165, 1.54) is 22.5 Å². The fourth-order valence-corrected chi connectivity index (χ4v) is 4.04. The van der Waals surface area contributed by atoms with E-state index in [4.69, 9.17) is 4.98 Å². The van der Waals surface area contributed by atoms with Gasteiger partial charge in [0.15, 0.2) is 0 Å². The molecule has 0 radical (unpaired) electrons. The van der Waals surface area contributed by atoms with Gasteiger partial charge in [0.25, 0.3) is 0 Å². The standard InChI is InChI=1S/C15H20N2S/c1-15(10-16-2,11-7-8-11)9-14-17-12-5-3-4-6-13(12)18-14/h3-6,11,16H,7-10H2,1-2H3. The van der Waals surface area contributed by atoms with Crippen LogP contribution in [0.4, 0.5) is 0 Å². The topological polar surface area (TPSA) is 24.9 Å². The van der Waals surface area contributed by atoms with Crippen LogP contribution in [0, 0.1) is 11.3 Å². The molecule has 1 unspecified atom stereocenters. The van der Waals surface area contributed by atoms with Gasteiger partial charge in [-0.3, -0.25) is 0 Å². The van der Waals surface area contributed by atoms with Gasteiger partial charge in [0.05, 0.1) is 15.2 Å². The molecule has 0 saturated heterocycles. The Bertz CT molecular complexity index is 511. The lowest BCUT2D eigenvalue weighted by atomic mass is 9.81. The highest BCUT2D eigenvalue weighted by Gasteiger charge is 2.41. The summed E-state index contributed by atoms with van der Waals surface area (Å²) in [7, 11) is 2.05. The van der Waals surface area contributed by atoms with Crippen LogP contribution in [0.5, 0.6) is 0 Å². The average molecular weight is 260 g/mol. The minimum absolute atomic E-state index is 0.378. The van der Waals surface area contributed by atoms with Gasteiger partial charge in [0.2, 0.25) is 0 Å². The second-order valence-corrected chi connectivity index (χ2v) is 6.83. The quantitative estimate of drug-likeness (QED) is 0.890. The van der Waals surface area contributed by atoms with Crippen LogP contribution >= 0.6 is 11.3 Å². The summed E-state index contributed by atoms with van der Waals surface area (Å²) in [5.74, 6) is 0.886. The number of aromatic nitrogens is 1. The van der Waals surface area contributed by atoms with E-state index in [0.29, 0.717) is 5.41 Å². The number of fused-ring (bicyclic) bond motifs is 1. The lowest BCUT2D eigenvalue weighted by molar-refractivity contribution is 0.263. The Hall–Kier alpha value is -0.930. The molecule has 1 aromatic heterocycles. The summed E-state index contributed by atoms with van der Waals surface area (Å²) in [6.07, 6.45) is 3.89. The number of nitrogens with one attached hydrogen (secondary N) is 1. The number of nitrogens with zero attached hydrogens (tertiary/aromatic N) is 1. The SMILES string of the molecule is CNCC(C)(Cc1nc2ccccc2s1)C1CC1. The monoisotopic (exact) mass is 260 g/mol. The van der Waals surface area contributed by atoms with Crippen molar-refractivity contribution in [1.82, 2.24) is 10.3 Å². The van der Waals surface area contributed by atoms with Gasteiger partial charge in [-0.1, -0.05) is 19.1 Å². The van der Waals surface area contributed by atoms with Crippen molar-refractivity contribution >= 4 is 21.6 Å². The summed E-state index contributed by atoms with van der Waals surface area (Å²) in [5, 5.41) is 4.65. The Morgan fingerprint density at radius 3 is 2.83 bits per heavy atom. The van der Waals surface area contributed by atoms with Crippen LogP contribution < -0.4 is 5.32 Å². The van der Waals surface area contributed by atoms with Crippen LogP contribution in [0.2, 0.25) is 0 Å². The molecule has 3 heteroatoms. The molecule has 2 nitrogen and oxygen atoms in total. The Morgan fingerprint density at radius 2 is 2.17 bits per heavy atom.